The van der Waals surface area contributed by atoms with Crippen LogP contribution < -0.4 is 4.74 Å². The molecule has 0 radical (unpaired) electrons. The minimum absolute atomic E-state index is 0. The van der Waals surface area contributed by atoms with E-state index in [2.05, 4.69) is 56.2 Å². The van der Waals surface area contributed by atoms with Gasteiger partial charge in [0.05, 0.1) is 7.11 Å². The largest absolute Gasteiger partial charge is 0.496 e. The van der Waals surface area contributed by atoms with Gasteiger partial charge in [-0.05, 0) is 59.2 Å². The van der Waals surface area contributed by atoms with Crippen LogP contribution in [0.4, 0.5) is 0 Å². The Hall–Kier alpha value is -0.770. The van der Waals surface area contributed by atoms with E-state index in [1.807, 2.05) is 0 Å². The molecule has 0 heterocycles. The summed E-state index contributed by atoms with van der Waals surface area (Å²) in [6.45, 7) is 2.06. The van der Waals surface area contributed by atoms with Crippen LogP contribution in [-0.2, 0) is 13.0 Å². The van der Waals surface area contributed by atoms with Gasteiger partial charge in [-0.3, -0.25) is 0 Å². The highest BCUT2D eigenvalue weighted by Gasteiger charge is 2.05. The molecule has 0 unspecified atom stereocenters. The Labute approximate surface area is 124 Å². The van der Waals surface area contributed by atoms with E-state index in [4.69, 9.17) is 4.74 Å². The average Bonchev–Trinajstić information content (AvgIpc) is 2.28. The predicted molar refractivity (Wildman–Crippen MR) is 84.5 cm³/mol. The molecule has 19 heavy (non-hydrogen) atoms. The number of aryl methyl sites for hydroxylation is 1. The highest BCUT2D eigenvalue weighted by atomic mass is 35.5. The van der Waals surface area contributed by atoms with E-state index in [-0.39, 0.29) is 12.4 Å². The molecular formula is C15H27ClN2O. The van der Waals surface area contributed by atoms with Gasteiger partial charge in [0, 0.05) is 12.1 Å². The van der Waals surface area contributed by atoms with Crippen molar-refractivity contribution in [3.63, 3.8) is 0 Å². The Kier molecular flexibility index (Phi) is 8.81. The standard InChI is InChI=1S/C15H26N2O.ClH/c1-16(2)10-6-7-13-8-9-15(18-5)14(11-13)12-17(3)4;/h8-9,11H,6-7,10,12H2,1-5H3;1H. The normalized spacial score (nSPS) is 10.7. The fraction of sp³-hybridized carbons (Fsp3) is 0.600. The van der Waals surface area contributed by atoms with Crippen molar-refractivity contribution in [3.05, 3.63) is 29.3 Å². The maximum atomic E-state index is 5.41. The molecular weight excluding hydrogens is 260 g/mol. The molecule has 0 saturated carbocycles. The molecule has 3 nitrogen and oxygen atoms in total. The van der Waals surface area contributed by atoms with Crippen molar-refractivity contribution in [3.8, 4) is 5.75 Å². The van der Waals surface area contributed by atoms with Gasteiger partial charge < -0.3 is 14.5 Å². The number of rotatable bonds is 7. The zero-order valence-corrected chi connectivity index (χ0v) is 13.6. The lowest BCUT2D eigenvalue weighted by Crippen LogP contribution is -2.14. The van der Waals surface area contributed by atoms with Gasteiger partial charge in [-0.15, -0.1) is 12.4 Å². The molecule has 0 aliphatic heterocycles. The molecule has 1 aromatic rings. The van der Waals surface area contributed by atoms with Crippen LogP contribution in [0.3, 0.4) is 0 Å². The van der Waals surface area contributed by atoms with Crippen molar-refractivity contribution in [1.29, 1.82) is 0 Å². The predicted octanol–water partition coefficient (Wildman–Crippen LogP) is 2.67. The van der Waals surface area contributed by atoms with Gasteiger partial charge in [0.15, 0.2) is 0 Å². The van der Waals surface area contributed by atoms with Crippen molar-refractivity contribution in [1.82, 2.24) is 9.80 Å². The number of nitrogens with zero attached hydrogens (tertiary/aromatic N) is 2. The topological polar surface area (TPSA) is 15.7 Å². The Bertz CT molecular complexity index is 367. The molecule has 0 bridgehead atoms. The second-order valence-corrected chi connectivity index (χ2v) is 5.29. The van der Waals surface area contributed by atoms with Gasteiger partial charge in [-0.2, -0.15) is 0 Å². The lowest BCUT2D eigenvalue weighted by molar-refractivity contribution is 0.371. The average molecular weight is 287 g/mol. The van der Waals surface area contributed by atoms with Crippen molar-refractivity contribution >= 4 is 12.4 Å². The summed E-state index contributed by atoms with van der Waals surface area (Å²) in [5.74, 6) is 0.986. The second-order valence-electron chi connectivity index (χ2n) is 5.29. The quantitative estimate of drug-likeness (QED) is 0.766. The zero-order chi connectivity index (χ0) is 13.5. The first-order valence-electron chi connectivity index (χ1n) is 6.48. The van der Waals surface area contributed by atoms with Crippen molar-refractivity contribution in [2.24, 2.45) is 0 Å². The van der Waals surface area contributed by atoms with Crippen molar-refractivity contribution in [2.45, 2.75) is 19.4 Å². The third-order valence-corrected chi connectivity index (χ3v) is 2.90. The van der Waals surface area contributed by atoms with Crippen LogP contribution in [0.1, 0.15) is 17.5 Å². The number of benzene rings is 1. The smallest absolute Gasteiger partial charge is 0.123 e. The minimum Gasteiger partial charge on any atom is -0.496 e. The molecule has 0 aliphatic rings. The third-order valence-electron chi connectivity index (χ3n) is 2.90. The highest BCUT2D eigenvalue weighted by molar-refractivity contribution is 5.85. The molecule has 0 spiro atoms. The van der Waals surface area contributed by atoms with Crippen LogP contribution in [0, 0.1) is 0 Å². The molecule has 0 aromatic heterocycles. The molecule has 1 rings (SSSR count). The van der Waals surface area contributed by atoms with E-state index in [0.717, 1.165) is 25.3 Å². The Balaban J connectivity index is 0.00000324. The molecule has 0 fully saturated rings. The summed E-state index contributed by atoms with van der Waals surface area (Å²) < 4.78 is 5.41. The number of ether oxygens (including phenoxy) is 1. The van der Waals surface area contributed by atoms with Crippen LogP contribution in [0.2, 0.25) is 0 Å². The fourth-order valence-electron chi connectivity index (χ4n) is 2.05. The highest BCUT2D eigenvalue weighted by Crippen LogP contribution is 2.21. The van der Waals surface area contributed by atoms with Gasteiger partial charge in [0.2, 0.25) is 0 Å². The zero-order valence-electron chi connectivity index (χ0n) is 12.8. The van der Waals surface area contributed by atoms with E-state index in [0.29, 0.717) is 0 Å². The summed E-state index contributed by atoms with van der Waals surface area (Å²) >= 11 is 0. The molecule has 1 aromatic carbocycles. The third kappa shape index (κ3) is 6.81. The van der Waals surface area contributed by atoms with Crippen molar-refractivity contribution < 1.29 is 4.74 Å². The Morgan fingerprint density at radius 2 is 1.74 bits per heavy atom. The number of methoxy groups -OCH3 is 1. The lowest BCUT2D eigenvalue weighted by atomic mass is 10.0. The van der Waals surface area contributed by atoms with Crippen LogP contribution >= 0.6 is 12.4 Å². The summed E-state index contributed by atoms with van der Waals surface area (Å²) in [7, 11) is 10.1. The summed E-state index contributed by atoms with van der Waals surface area (Å²) in [4.78, 5) is 4.39. The number of halogens is 1. The molecule has 0 atom stereocenters. The minimum atomic E-state index is 0. The number of hydrogen-bond acceptors (Lipinski definition) is 3. The van der Waals surface area contributed by atoms with Gasteiger partial charge in [-0.25, -0.2) is 0 Å². The fourth-order valence-corrected chi connectivity index (χ4v) is 2.05. The van der Waals surface area contributed by atoms with E-state index in [1.165, 1.54) is 17.5 Å². The first-order chi connectivity index (χ1) is 8.52. The molecule has 0 N–H and O–H groups in total. The van der Waals surface area contributed by atoms with Crippen LogP contribution in [0.25, 0.3) is 0 Å². The number of hydrogen-bond donors (Lipinski definition) is 0. The summed E-state index contributed by atoms with van der Waals surface area (Å²) in [5, 5.41) is 0. The van der Waals surface area contributed by atoms with Gasteiger partial charge >= 0.3 is 0 Å². The summed E-state index contributed by atoms with van der Waals surface area (Å²) in [6, 6.07) is 6.53. The maximum absolute atomic E-state index is 5.41. The van der Waals surface area contributed by atoms with Crippen LogP contribution in [-0.4, -0.2) is 51.6 Å². The molecule has 110 valence electrons. The van der Waals surface area contributed by atoms with E-state index in [9.17, 15) is 0 Å². The first kappa shape index (κ1) is 18.2. The lowest BCUT2D eigenvalue weighted by Gasteiger charge is -2.15. The molecule has 0 saturated heterocycles. The Morgan fingerprint density at radius 1 is 1.05 bits per heavy atom. The van der Waals surface area contributed by atoms with Gasteiger partial charge in [0.25, 0.3) is 0 Å². The maximum Gasteiger partial charge on any atom is 0.123 e. The monoisotopic (exact) mass is 286 g/mol. The second kappa shape index (κ2) is 9.18. The molecule has 4 heteroatoms. The summed E-state index contributed by atoms with van der Waals surface area (Å²) in [5.41, 5.74) is 2.67. The van der Waals surface area contributed by atoms with Crippen molar-refractivity contribution in [2.75, 3.05) is 41.8 Å². The SMILES string of the molecule is COc1ccc(CCCN(C)C)cc1CN(C)C.Cl. The van der Waals surface area contributed by atoms with Gasteiger partial charge in [-0.1, -0.05) is 12.1 Å². The Morgan fingerprint density at radius 3 is 2.26 bits per heavy atom. The van der Waals surface area contributed by atoms with E-state index in [1.54, 1.807) is 7.11 Å². The first-order valence-corrected chi connectivity index (χ1v) is 6.48. The van der Waals surface area contributed by atoms with E-state index >= 15 is 0 Å². The van der Waals surface area contributed by atoms with Gasteiger partial charge in [0.1, 0.15) is 5.75 Å². The molecule has 0 amide bonds. The summed E-state index contributed by atoms with van der Waals surface area (Å²) in [6.07, 6.45) is 2.32. The van der Waals surface area contributed by atoms with Crippen LogP contribution in [0.5, 0.6) is 5.75 Å². The van der Waals surface area contributed by atoms with Crippen LogP contribution in [0.15, 0.2) is 18.2 Å². The van der Waals surface area contributed by atoms with E-state index < -0.39 is 0 Å². The molecule has 0 aliphatic carbocycles.